The molecule has 5 nitrogen and oxygen atoms in total. The van der Waals surface area contributed by atoms with Crippen molar-refractivity contribution in [2.24, 2.45) is 0 Å². The second-order valence-corrected chi connectivity index (χ2v) is 7.10. The summed E-state index contributed by atoms with van der Waals surface area (Å²) in [4.78, 5) is 13.9. The van der Waals surface area contributed by atoms with Crippen LogP contribution in [-0.4, -0.2) is 35.4 Å². The van der Waals surface area contributed by atoms with Crippen LogP contribution in [0.3, 0.4) is 0 Å². The number of ether oxygens (including phenoxy) is 1. The number of carbonyl (C=O) groups is 1. The van der Waals surface area contributed by atoms with Gasteiger partial charge in [0.15, 0.2) is 0 Å². The molecule has 0 bridgehead atoms. The summed E-state index contributed by atoms with van der Waals surface area (Å²) < 4.78 is 5.43. The first-order valence-corrected chi connectivity index (χ1v) is 7.02. The molecular weight excluding hydrogens is 269 g/mol. The highest BCUT2D eigenvalue weighted by Crippen LogP contribution is 2.40. The van der Waals surface area contributed by atoms with Crippen LogP contribution in [0.25, 0.3) is 0 Å². The van der Waals surface area contributed by atoms with Gasteiger partial charge in [-0.2, -0.15) is 0 Å². The van der Waals surface area contributed by atoms with E-state index in [9.17, 15) is 14.8 Å². The summed E-state index contributed by atoms with van der Waals surface area (Å²) in [6.45, 7) is 10.1. The van der Waals surface area contributed by atoms with E-state index in [1.165, 1.54) is 0 Å². The largest absolute Gasteiger partial charge is 0.488 e. The minimum Gasteiger partial charge on any atom is -0.443 e. The lowest BCUT2D eigenvalue weighted by Gasteiger charge is -2.26. The van der Waals surface area contributed by atoms with Crippen molar-refractivity contribution in [3.8, 4) is 0 Å². The summed E-state index contributed by atoms with van der Waals surface area (Å²) in [5.41, 5.74) is 1.26. The summed E-state index contributed by atoms with van der Waals surface area (Å²) >= 11 is 0. The number of fused-ring (bicyclic) bond motifs is 1. The van der Waals surface area contributed by atoms with Gasteiger partial charge in [-0.3, -0.25) is 4.90 Å². The summed E-state index contributed by atoms with van der Waals surface area (Å²) in [7, 11) is -1.56. The average Bonchev–Trinajstić information content (AvgIpc) is 2.59. The molecule has 0 fully saturated rings. The molecule has 0 radical (unpaired) electrons. The number of rotatable bonds is 1. The van der Waals surface area contributed by atoms with Gasteiger partial charge in [-0.1, -0.05) is 26.0 Å². The van der Waals surface area contributed by atoms with E-state index >= 15 is 0 Å². The zero-order valence-corrected chi connectivity index (χ0v) is 13.2. The van der Waals surface area contributed by atoms with E-state index in [-0.39, 0.29) is 5.41 Å². The number of nitrogens with zero attached hydrogens (tertiary/aromatic N) is 1. The van der Waals surface area contributed by atoms with Crippen LogP contribution in [0.5, 0.6) is 0 Å². The van der Waals surface area contributed by atoms with E-state index < -0.39 is 18.8 Å². The van der Waals surface area contributed by atoms with E-state index in [1.807, 2.05) is 40.7 Å². The van der Waals surface area contributed by atoms with Crippen molar-refractivity contribution in [2.45, 2.75) is 45.6 Å². The Bertz CT molecular complexity index is 563. The highest BCUT2D eigenvalue weighted by Gasteiger charge is 2.40. The molecule has 21 heavy (non-hydrogen) atoms. The van der Waals surface area contributed by atoms with Crippen molar-refractivity contribution in [1.29, 1.82) is 0 Å². The summed E-state index contributed by atoms with van der Waals surface area (Å²) in [5, 5.41) is 18.6. The molecule has 1 amide bonds. The maximum atomic E-state index is 12.4. The van der Waals surface area contributed by atoms with Gasteiger partial charge in [0, 0.05) is 12.0 Å². The molecule has 6 heteroatoms. The fourth-order valence-electron chi connectivity index (χ4n) is 2.55. The van der Waals surface area contributed by atoms with Crippen molar-refractivity contribution in [3.05, 3.63) is 23.8 Å². The number of anilines is 1. The fraction of sp³-hybridized carbons (Fsp3) is 0.533. The quantitative estimate of drug-likeness (QED) is 0.767. The van der Waals surface area contributed by atoms with Gasteiger partial charge in [0.2, 0.25) is 0 Å². The highest BCUT2D eigenvalue weighted by atomic mass is 16.6. The van der Waals surface area contributed by atoms with Gasteiger partial charge in [-0.25, -0.2) is 4.79 Å². The zero-order chi connectivity index (χ0) is 16.0. The number of hydrogen-bond acceptors (Lipinski definition) is 4. The van der Waals surface area contributed by atoms with Crippen LogP contribution in [-0.2, 0) is 10.2 Å². The van der Waals surface area contributed by atoms with Gasteiger partial charge in [0.1, 0.15) is 5.60 Å². The molecule has 0 spiro atoms. The third-order valence-corrected chi connectivity index (χ3v) is 3.51. The van der Waals surface area contributed by atoms with Crippen LogP contribution in [0.15, 0.2) is 18.2 Å². The lowest BCUT2D eigenvalue weighted by molar-refractivity contribution is 0.0579. The van der Waals surface area contributed by atoms with Crippen LogP contribution in [0.4, 0.5) is 10.5 Å². The number of benzene rings is 1. The molecule has 0 atom stereocenters. The molecule has 1 aromatic carbocycles. The average molecular weight is 291 g/mol. The SMILES string of the molecule is CC(C)(C)OC(=O)N1CC(C)(C)c2ccc(B(O)O)cc21. The molecule has 0 aliphatic carbocycles. The van der Waals surface area contributed by atoms with Crippen LogP contribution >= 0.6 is 0 Å². The molecule has 0 aromatic heterocycles. The third kappa shape index (κ3) is 3.22. The number of hydrogen-bond donors (Lipinski definition) is 2. The second-order valence-electron chi connectivity index (χ2n) is 7.10. The van der Waals surface area contributed by atoms with E-state index in [2.05, 4.69) is 0 Å². The van der Waals surface area contributed by atoms with E-state index in [1.54, 1.807) is 17.0 Å². The molecule has 114 valence electrons. The molecule has 1 aliphatic heterocycles. The highest BCUT2D eigenvalue weighted by molar-refractivity contribution is 6.58. The Morgan fingerprint density at radius 3 is 2.48 bits per heavy atom. The minimum absolute atomic E-state index is 0.203. The first kappa shape index (κ1) is 15.9. The molecule has 1 aliphatic rings. The normalized spacial score (nSPS) is 16.6. The monoisotopic (exact) mass is 291 g/mol. The topological polar surface area (TPSA) is 70.0 Å². The predicted octanol–water partition coefficient (Wildman–Crippen LogP) is 1.40. The Morgan fingerprint density at radius 1 is 1.33 bits per heavy atom. The summed E-state index contributed by atoms with van der Waals surface area (Å²) in [6, 6.07) is 5.15. The number of carbonyl (C=O) groups excluding carboxylic acids is 1. The van der Waals surface area contributed by atoms with Crippen molar-refractivity contribution in [1.82, 2.24) is 0 Å². The summed E-state index contributed by atoms with van der Waals surface area (Å²) in [5.74, 6) is 0. The second kappa shape index (κ2) is 5.03. The van der Waals surface area contributed by atoms with E-state index in [0.717, 1.165) is 5.56 Å². The summed E-state index contributed by atoms with van der Waals surface area (Å²) in [6.07, 6.45) is -0.418. The van der Waals surface area contributed by atoms with Crippen molar-refractivity contribution in [3.63, 3.8) is 0 Å². The van der Waals surface area contributed by atoms with Crippen molar-refractivity contribution in [2.75, 3.05) is 11.4 Å². The Balaban J connectivity index is 2.40. The van der Waals surface area contributed by atoms with Crippen LogP contribution in [0, 0.1) is 0 Å². The molecule has 0 saturated heterocycles. The van der Waals surface area contributed by atoms with Crippen LogP contribution in [0.1, 0.15) is 40.2 Å². The molecular formula is C15H22BNO4. The van der Waals surface area contributed by atoms with Gasteiger partial charge in [-0.05, 0) is 37.9 Å². The Labute approximate surface area is 125 Å². The van der Waals surface area contributed by atoms with Gasteiger partial charge in [0.25, 0.3) is 0 Å². The van der Waals surface area contributed by atoms with Crippen LogP contribution < -0.4 is 10.4 Å². The standard InChI is InChI=1S/C15H22BNO4/c1-14(2,3)21-13(18)17-9-15(4,5)11-7-6-10(16(19)20)8-12(11)17/h6-8,19-20H,9H2,1-5H3. The Hall–Kier alpha value is -1.53. The Kier molecular flexibility index (Phi) is 3.80. The third-order valence-electron chi connectivity index (χ3n) is 3.51. The molecule has 2 N–H and O–H groups in total. The Morgan fingerprint density at radius 2 is 1.95 bits per heavy atom. The van der Waals surface area contributed by atoms with Gasteiger partial charge >= 0.3 is 13.2 Å². The molecule has 0 unspecified atom stereocenters. The minimum atomic E-state index is -1.56. The van der Waals surface area contributed by atoms with Gasteiger partial charge in [-0.15, -0.1) is 0 Å². The predicted molar refractivity (Wildman–Crippen MR) is 82.9 cm³/mol. The molecule has 0 saturated carbocycles. The molecule has 1 heterocycles. The first-order chi connectivity index (χ1) is 9.51. The van der Waals surface area contributed by atoms with E-state index in [0.29, 0.717) is 17.7 Å². The zero-order valence-electron chi connectivity index (χ0n) is 13.2. The van der Waals surface area contributed by atoms with Crippen molar-refractivity contribution >= 4 is 24.4 Å². The lowest BCUT2D eigenvalue weighted by atomic mass is 9.78. The van der Waals surface area contributed by atoms with Gasteiger partial charge in [0.05, 0.1) is 5.69 Å². The first-order valence-electron chi connectivity index (χ1n) is 7.02. The maximum absolute atomic E-state index is 12.4. The lowest BCUT2D eigenvalue weighted by Crippen LogP contribution is -2.38. The smallest absolute Gasteiger partial charge is 0.443 e. The van der Waals surface area contributed by atoms with E-state index in [4.69, 9.17) is 4.74 Å². The van der Waals surface area contributed by atoms with Crippen molar-refractivity contribution < 1.29 is 19.6 Å². The number of amides is 1. The molecule has 2 rings (SSSR count). The van der Waals surface area contributed by atoms with Crippen LogP contribution in [0.2, 0.25) is 0 Å². The molecule has 1 aromatic rings. The van der Waals surface area contributed by atoms with Gasteiger partial charge < -0.3 is 14.8 Å². The maximum Gasteiger partial charge on any atom is 0.488 e. The fourth-order valence-corrected chi connectivity index (χ4v) is 2.55.